The molecule has 7 nitrogen and oxygen atoms in total. The van der Waals surface area contributed by atoms with Crippen molar-refractivity contribution in [1.82, 2.24) is 0 Å². The molecule has 0 fully saturated rings. The molecule has 0 spiro atoms. The molecule has 29 heavy (non-hydrogen) atoms. The molecule has 0 aliphatic carbocycles. The number of nitrogens with one attached hydrogen (secondary N) is 1. The van der Waals surface area contributed by atoms with Gasteiger partial charge in [-0.2, -0.15) is 13.2 Å². The number of oxime groups is 1. The third-order valence-corrected chi connectivity index (χ3v) is 5.62. The van der Waals surface area contributed by atoms with Gasteiger partial charge in [0.25, 0.3) is 15.7 Å². The quantitative estimate of drug-likeness (QED) is 0.787. The van der Waals surface area contributed by atoms with Gasteiger partial charge >= 0.3 is 5.51 Å². The molecule has 0 saturated heterocycles. The number of alkyl halides is 3. The van der Waals surface area contributed by atoms with Crippen molar-refractivity contribution in [2.75, 3.05) is 12.4 Å². The second-order valence-electron chi connectivity index (χ2n) is 6.01. The van der Waals surface area contributed by atoms with Gasteiger partial charge in [0.2, 0.25) is 0 Å². The first kappa shape index (κ1) is 20.6. The Morgan fingerprint density at radius 3 is 2.52 bits per heavy atom. The van der Waals surface area contributed by atoms with Gasteiger partial charge in [-0.05, 0) is 23.8 Å². The number of ether oxygens (including phenoxy) is 1. The summed E-state index contributed by atoms with van der Waals surface area (Å²) in [5.41, 5.74) is -4.91. The summed E-state index contributed by atoms with van der Waals surface area (Å²) in [6, 6.07) is 11.5. The zero-order valence-corrected chi connectivity index (χ0v) is 15.8. The van der Waals surface area contributed by atoms with E-state index in [0.29, 0.717) is 6.07 Å². The number of sulfone groups is 1. The fraction of sp³-hybridized carbons (Fsp3) is 0.222. The maximum absolute atomic E-state index is 12.8. The summed E-state index contributed by atoms with van der Waals surface area (Å²) >= 11 is 0. The molecule has 1 aliphatic rings. The lowest BCUT2D eigenvalue weighted by Crippen LogP contribution is -2.24. The second kappa shape index (κ2) is 7.74. The van der Waals surface area contributed by atoms with Crippen LogP contribution in [0.2, 0.25) is 0 Å². The summed E-state index contributed by atoms with van der Waals surface area (Å²) in [6.45, 7) is 0. The van der Waals surface area contributed by atoms with Crippen LogP contribution in [-0.2, 0) is 19.5 Å². The van der Waals surface area contributed by atoms with Crippen LogP contribution in [0.15, 0.2) is 58.6 Å². The minimum atomic E-state index is -5.59. The van der Waals surface area contributed by atoms with Gasteiger partial charge in [-0.15, -0.1) is 0 Å². The van der Waals surface area contributed by atoms with Crippen LogP contribution in [0.4, 0.5) is 18.9 Å². The molecule has 1 aliphatic heterocycles. The van der Waals surface area contributed by atoms with Crippen molar-refractivity contribution >= 4 is 27.1 Å². The Balaban J connectivity index is 1.81. The van der Waals surface area contributed by atoms with Crippen LogP contribution in [0.3, 0.4) is 0 Å². The van der Waals surface area contributed by atoms with E-state index < -0.39 is 32.3 Å². The first-order valence-corrected chi connectivity index (χ1v) is 9.70. The molecule has 2 aromatic rings. The molecule has 1 atom stereocenters. The zero-order chi connectivity index (χ0) is 21.2. The number of amides is 1. The standard InChI is InChI=1S/C18H15F3N2O5S/c1-27-15-8-7-12(29(25,26)18(19,20)21)9-13(15)22-17(24)14-10-16(28-23-14)11-5-3-2-4-6-11/h2-9,16H,10H2,1H3,(H,22,24). The number of nitrogens with zero attached hydrogens (tertiary/aromatic N) is 1. The highest BCUT2D eigenvalue weighted by Gasteiger charge is 2.47. The van der Waals surface area contributed by atoms with Crippen LogP contribution in [-0.4, -0.2) is 32.7 Å². The molecule has 1 heterocycles. The molecular formula is C18H15F3N2O5S. The highest BCUT2D eigenvalue weighted by molar-refractivity contribution is 7.92. The Morgan fingerprint density at radius 2 is 1.90 bits per heavy atom. The number of carbonyl (C=O) groups excluding carboxylic acids is 1. The van der Waals surface area contributed by atoms with Crippen molar-refractivity contribution in [3.8, 4) is 5.75 Å². The first-order valence-electron chi connectivity index (χ1n) is 8.22. The third kappa shape index (κ3) is 4.19. The predicted octanol–water partition coefficient (Wildman–Crippen LogP) is 3.44. The van der Waals surface area contributed by atoms with Gasteiger partial charge in [0.1, 0.15) is 11.5 Å². The van der Waals surface area contributed by atoms with Crippen LogP contribution in [0.5, 0.6) is 5.75 Å². The summed E-state index contributed by atoms with van der Waals surface area (Å²) in [6.07, 6.45) is -0.339. The lowest BCUT2D eigenvalue weighted by Gasteiger charge is -2.13. The summed E-state index contributed by atoms with van der Waals surface area (Å²) in [4.78, 5) is 16.7. The number of halogens is 3. The highest BCUT2D eigenvalue weighted by atomic mass is 32.2. The van der Waals surface area contributed by atoms with Gasteiger partial charge in [0.15, 0.2) is 6.10 Å². The Bertz CT molecular complexity index is 1050. The number of anilines is 1. The van der Waals surface area contributed by atoms with E-state index in [9.17, 15) is 26.4 Å². The fourth-order valence-corrected chi connectivity index (χ4v) is 3.43. The van der Waals surface area contributed by atoms with Gasteiger partial charge in [-0.3, -0.25) is 4.79 Å². The van der Waals surface area contributed by atoms with Gasteiger partial charge in [0, 0.05) is 6.42 Å². The Hall–Kier alpha value is -3.08. The van der Waals surface area contributed by atoms with Crippen molar-refractivity contribution in [2.45, 2.75) is 22.9 Å². The average Bonchev–Trinajstić information content (AvgIpc) is 3.18. The first-order chi connectivity index (χ1) is 13.6. The van der Waals surface area contributed by atoms with Crippen molar-refractivity contribution in [2.24, 2.45) is 5.16 Å². The van der Waals surface area contributed by atoms with Crippen LogP contribution in [0, 0.1) is 0 Å². The molecule has 154 valence electrons. The number of benzene rings is 2. The van der Waals surface area contributed by atoms with E-state index in [1.807, 2.05) is 6.07 Å². The minimum absolute atomic E-state index is 0.00462. The third-order valence-electron chi connectivity index (χ3n) is 4.14. The van der Waals surface area contributed by atoms with Gasteiger partial charge in [-0.25, -0.2) is 8.42 Å². The minimum Gasteiger partial charge on any atom is -0.495 e. The number of hydrogen-bond acceptors (Lipinski definition) is 6. The van der Waals surface area contributed by atoms with E-state index >= 15 is 0 Å². The van der Waals surface area contributed by atoms with Crippen LogP contribution >= 0.6 is 0 Å². The molecule has 1 unspecified atom stereocenters. The topological polar surface area (TPSA) is 94.1 Å². The number of hydrogen-bond donors (Lipinski definition) is 1. The monoisotopic (exact) mass is 428 g/mol. The number of carbonyl (C=O) groups is 1. The zero-order valence-electron chi connectivity index (χ0n) is 14.9. The lowest BCUT2D eigenvalue weighted by molar-refractivity contribution is -0.110. The smallest absolute Gasteiger partial charge is 0.495 e. The fourth-order valence-electron chi connectivity index (χ4n) is 2.64. The van der Waals surface area contributed by atoms with Crippen molar-refractivity contribution in [3.63, 3.8) is 0 Å². The number of rotatable bonds is 5. The van der Waals surface area contributed by atoms with Crippen molar-refractivity contribution < 1.29 is 36.0 Å². The van der Waals surface area contributed by atoms with E-state index in [-0.39, 0.29) is 23.6 Å². The Kier molecular flexibility index (Phi) is 5.51. The largest absolute Gasteiger partial charge is 0.501 e. The maximum Gasteiger partial charge on any atom is 0.501 e. The van der Waals surface area contributed by atoms with Crippen molar-refractivity contribution in [3.05, 3.63) is 54.1 Å². The molecule has 0 aromatic heterocycles. The predicted molar refractivity (Wildman–Crippen MR) is 97.2 cm³/mol. The molecular weight excluding hydrogens is 413 g/mol. The highest BCUT2D eigenvalue weighted by Crippen LogP contribution is 2.35. The molecule has 3 rings (SSSR count). The SMILES string of the molecule is COc1ccc(S(=O)(=O)C(F)(F)F)cc1NC(=O)C1=NOC(c2ccccc2)C1. The normalized spacial score (nSPS) is 16.7. The van der Waals surface area contributed by atoms with E-state index in [1.54, 1.807) is 24.3 Å². The Morgan fingerprint density at radius 1 is 1.21 bits per heavy atom. The summed E-state index contributed by atoms with van der Waals surface area (Å²) < 4.78 is 66.7. The molecule has 2 aromatic carbocycles. The lowest BCUT2D eigenvalue weighted by atomic mass is 10.0. The van der Waals surface area contributed by atoms with Crippen LogP contribution < -0.4 is 10.1 Å². The summed E-state index contributed by atoms with van der Waals surface area (Å²) in [5.74, 6) is -0.762. The van der Waals surface area contributed by atoms with E-state index in [1.165, 1.54) is 7.11 Å². The van der Waals surface area contributed by atoms with Gasteiger partial charge in [-0.1, -0.05) is 35.5 Å². The van der Waals surface area contributed by atoms with E-state index in [2.05, 4.69) is 10.5 Å². The molecule has 0 radical (unpaired) electrons. The average molecular weight is 428 g/mol. The summed E-state index contributed by atoms with van der Waals surface area (Å²) in [5, 5.41) is 6.05. The Labute approximate surface area is 164 Å². The maximum atomic E-state index is 12.8. The molecule has 0 saturated carbocycles. The molecule has 1 amide bonds. The van der Waals surface area contributed by atoms with Gasteiger partial charge in [0.05, 0.1) is 17.7 Å². The molecule has 11 heteroatoms. The molecule has 1 N–H and O–H groups in total. The second-order valence-corrected chi connectivity index (χ2v) is 7.95. The van der Waals surface area contributed by atoms with E-state index in [0.717, 1.165) is 17.7 Å². The van der Waals surface area contributed by atoms with Crippen molar-refractivity contribution in [1.29, 1.82) is 0 Å². The summed E-state index contributed by atoms with van der Waals surface area (Å²) in [7, 11) is -4.36. The molecule has 0 bridgehead atoms. The van der Waals surface area contributed by atoms with E-state index in [4.69, 9.17) is 9.57 Å². The van der Waals surface area contributed by atoms with Crippen LogP contribution in [0.25, 0.3) is 0 Å². The number of methoxy groups -OCH3 is 1. The van der Waals surface area contributed by atoms with Crippen LogP contribution in [0.1, 0.15) is 18.1 Å². The van der Waals surface area contributed by atoms with Gasteiger partial charge < -0.3 is 14.9 Å².